The summed E-state index contributed by atoms with van der Waals surface area (Å²) < 4.78 is 0. The van der Waals surface area contributed by atoms with E-state index in [1.165, 1.54) is 9.80 Å². The molecule has 21 heavy (non-hydrogen) atoms. The highest BCUT2D eigenvalue weighted by atomic mass is 16.2. The number of carbonyl (C=O) groups is 2. The molecule has 3 rings (SSSR count). The summed E-state index contributed by atoms with van der Waals surface area (Å²) in [6, 6.07) is 18.1. The molecule has 2 amide bonds. The fourth-order valence-corrected chi connectivity index (χ4v) is 2.18. The average molecular weight is 278 g/mol. The van der Waals surface area contributed by atoms with Crippen molar-refractivity contribution in [2.75, 3.05) is 6.67 Å². The highest BCUT2D eigenvalue weighted by molar-refractivity contribution is 5.98. The van der Waals surface area contributed by atoms with E-state index in [2.05, 4.69) is 0 Å². The second kappa shape index (κ2) is 5.63. The minimum absolute atomic E-state index is 0.116. The Morgan fingerprint density at radius 2 is 1.05 bits per heavy atom. The standard InChI is InChI=1S/C17H14N2O2/c20-16(14-7-3-1-4-8-14)18-11-12-19(13-18)17(21)15-9-5-2-6-10-15/h1-12H,13H2. The number of carbonyl (C=O) groups excluding carboxylic acids is 2. The maximum absolute atomic E-state index is 12.3. The number of benzene rings is 2. The zero-order valence-electron chi connectivity index (χ0n) is 11.3. The lowest BCUT2D eigenvalue weighted by molar-refractivity contribution is 0.0722. The number of nitrogens with zero attached hydrogens (tertiary/aromatic N) is 2. The van der Waals surface area contributed by atoms with E-state index in [0.29, 0.717) is 11.1 Å². The van der Waals surface area contributed by atoms with Crippen molar-refractivity contribution in [1.29, 1.82) is 0 Å². The van der Waals surface area contributed by atoms with Gasteiger partial charge in [-0.1, -0.05) is 36.4 Å². The van der Waals surface area contributed by atoms with E-state index in [-0.39, 0.29) is 18.5 Å². The Kier molecular flexibility index (Phi) is 3.51. The third-order valence-corrected chi connectivity index (χ3v) is 3.29. The molecular formula is C17H14N2O2. The van der Waals surface area contributed by atoms with Gasteiger partial charge in [0.15, 0.2) is 0 Å². The average Bonchev–Trinajstić information content (AvgIpc) is 3.05. The fourth-order valence-electron chi connectivity index (χ4n) is 2.18. The number of hydrogen-bond acceptors (Lipinski definition) is 2. The second-order valence-corrected chi connectivity index (χ2v) is 4.72. The van der Waals surface area contributed by atoms with E-state index in [1.54, 1.807) is 36.7 Å². The van der Waals surface area contributed by atoms with Crippen LogP contribution in [-0.4, -0.2) is 28.3 Å². The van der Waals surface area contributed by atoms with Crippen LogP contribution in [0.5, 0.6) is 0 Å². The summed E-state index contributed by atoms with van der Waals surface area (Å²) in [5.41, 5.74) is 1.22. The van der Waals surface area contributed by atoms with E-state index in [1.807, 2.05) is 36.4 Å². The van der Waals surface area contributed by atoms with Crippen LogP contribution in [0.3, 0.4) is 0 Å². The fraction of sp³-hybridized carbons (Fsp3) is 0.0588. The Balaban J connectivity index is 1.71. The Bertz CT molecular complexity index is 621. The van der Waals surface area contributed by atoms with Crippen LogP contribution in [0.4, 0.5) is 0 Å². The van der Waals surface area contributed by atoms with Crippen molar-refractivity contribution in [2.24, 2.45) is 0 Å². The van der Waals surface area contributed by atoms with Crippen molar-refractivity contribution in [1.82, 2.24) is 9.80 Å². The van der Waals surface area contributed by atoms with Crippen molar-refractivity contribution < 1.29 is 9.59 Å². The molecule has 0 saturated heterocycles. The lowest BCUT2D eigenvalue weighted by Crippen LogP contribution is -2.33. The minimum atomic E-state index is -0.116. The summed E-state index contributed by atoms with van der Waals surface area (Å²) in [5.74, 6) is -0.231. The molecule has 0 atom stereocenters. The molecule has 0 aromatic heterocycles. The molecule has 1 heterocycles. The van der Waals surface area contributed by atoms with Crippen LogP contribution in [0.2, 0.25) is 0 Å². The summed E-state index contributed by atoms with van der Waals surface area (Å²) in [5, 5.41) is 0. The van der Waals surface area contributed by atoms with Gasteiger partial charge in [0.05, 0.1) is 0 Å². The molecule has 104 valence electrons. The van der Waals surface area contributed by atoms with Crippen LogP contribution < -0.4 is 0 Å². The summed E-state index contributed by atoms with van der Waals surface area (Å²) in [7, 11) is 0. The highest BCUT2D eigenvalue weighted by Crippen LogP contribution is 2.15. The monoisotopic (exact) mass is 278 g/mol. The van der Waals surface area contributed by atoms with Crippen LogP contribution in [0.15, 0.2) is 73.1 Å². The zero-order chi connectivity index (χ0) is 14.7. The quantitative estimate of drug-likeness (QED) is 0.847. The Labute approximate surface area is 122 Å². The van der Waals surface area contributed by atoms with Gasteiger partial charge in [0.2, 0.25) is 0 Å². The molecule has 1 aliphatic heterocycles. The van der Waals surface area contributed by atoms with Crippen LogP contribution >= 0.6 is 0 Å². The van der Waals surface area contributed by atoms with Crippen molar-refractivity contribution in [3.8, 4) is 0 Å². The van der Waals surface area contributed by atoms with Gasteiger partial charge in [-0.3, -0.25) is 19.4 Å². The van der Waals surface area contributed by atoms with Crippen LogP contribution in [0.25, 0.3) is 0 Å². The largest absolute Gasteiger partial charge is 0.295 e. The van der Waals surface area contributed by atoms with Gasteiger partial charge in [0, 0.05) is 23.5 Å². The zero-order valence-corrected chi connectivity index (χ0v) is 11.3. The van der Waals surface area contributed by atoms with E-state index in [0.717, 1.165) is 0 Å². The van der Waals surface area contributed by atoms with Crippen molar-refractivity contribution >= 4 is 11.8 Å². The molecule has 0 unspecified atom stereocenters. The van der Waals surface area contributed by atoms with Gasteiger partial charge in [-0.05, 0) is 24.3 Å². The molecule has 0 N–H and O–H groups in total. The minimum Gasteiger partial charge on any atom is -0.295 e. The molecular weight excluding hydrogens is 264 g/mol. The van der Waals surface area contributed by atoms with Crippen LogP contribution in [0, 0.1) is 0 Å². The van der Waals surface area contributed by atoms with E-state index >= 15 is 0 Å². The van der Waals surface area contributed by atoms with Gasteiger partial charge in [0.1, 0.15) is 6.67 Å². The van der Waals surface area contributed by atoms with Crippen molar-refractivity contribution in [2.45, 2.75) is 0 Å². The lowest BCUT2D eigenvalue weighted by atomic mass is 10.2. The lowest BCUT2D eigenvalue weighted by Gasteiger charge is -2.18. The first-order valence-corrected chi connectivity index (χ1v) is 6.66. The third kappa shape index (κ3) is 2.69. The number of hydrogen-bond donors (Lipinski definition) is 0. The first-order valence-electron chi connectivity index (χ1n) is 6.66. The maximum Gasteiger partial charge on any atom is 0.259 e. The van der Waals surface area contributed by atoms with Crippen LogP contribution in [-0.2, 0) is 0 Å². The molecule has 0 spiro atoms. The first kappa shape index (κ1) is 13.1. The van der Waals surface area contributed by atoms with Gasteiger partial charge in [0.25, 0.3) is 11.8 Å². The molecule has 0 fully saturated rings. The van der Waals surface area contributed by atoms with Crippen molar-refractivity contribution in [3.05, 3.63) is 84.2 Å². The van der Waals surface area contributed by atoms with Gasteiger partial charge in [-0.2, -0.15) is 0 Å². The molecule has 2 aromatic carbocycles. The smallest absolute Gasteiger partial charge is 0.259 e. The summed E-state index contributed by atoms with van der Waals surface area (Å²) in [6.45, 7) is 0.238. The highest BCUT2D eigenvalue weighted by Gasteiger charge is 2.24. The maximum atomic E-state index is 12.3. The Morgan fingerprint density at radius 1 is 0.667 bits per heavy atom. The van der Waals surface area contributed by atoms with Gasteiger partial charge >= 0.3 is 0 Å². The molecule has 0 bridgehead atoms. The molecule has 0 radical (unpaired) electrons. The topological polar surface area (TPSA) is 40.6 Å². The summed E-state index contributed by atoms with van der Waals surface area (Å²) in [6.07, 6.45) is 3.27. The molecule has 0 aliphatic carbocycles. The molecule has 1 aliphatic rings. The molecule has 0 saturated carbocycles. The number of amides is 2. The predicted octanol–water partition coefficient (Wildman–Crippen LogP) is 2.71. The van der Waals surface area contributed by atoms with Gasteiger partial charge < -0.3 is 0 Å². The van der Waals surface area contributed by atoms with Gasteiger partial charge in [-0.25, -0.2) is 0 Å². The molecule has 4 nitrogen and oxygen atoms in total. The summed E-state index contributed by atoms with van der Waals surface area (Å²) in [4.78, 5) is 27.6. The third-order valence-electron chi connectivity index (χ3n) is 3.29. The first-order chi connectivity index (χ1) is 10.3. The normalized spacial score (nSPS) is 13.5. The number of rotatable bonds is 2. The molecule has 4 heteroatoms. The predicted molar refractivity (Wildman–Crippen MR) is 79.2 cm³/mol. The Hall–Kier alpha value is -2.88. The van der Waals surface area contributed by atoms with Gasteiger partial charge in [-0.15, -0.1) is 0 Å². The Morgan fingerprint density at radius 3 is 1.43 bits per heavy atom. The summed E-state index contributed by atoms with van der Waals surface area (Å²) >= 11 is 0. The van der Waals surface area contributed by atoms with E-state index in [9.17, 15) is 9.59 Å². The van der Waals surface area contributed by atoms with Crippen molar-refractivity contribution in [3.63, 3.8) is 0 Å². The SMILES string of the molecule is O=C(c1ccccc1)N1C=CN(C(=O)c2ccccc2)C1. The van der Waals surface area contributed by atoms with Crippen LogP contribution in [0.1, 0.15) is 20.7 Å². The van der Waals surface area contributed by atoms with E-state index < -0.39 is 0 Å². The van der Waals surface area contributed by atoms with E-state index in [4.69, 9.17) is 0 Å². The second-order valence-electron chi connectivity index (χ2n) is 4.72. The molecule has 2 aromatic rings.